The molecular weight excluding hydrogens is 337 g/mol. The largest absolute Gasteiger partial charge is 0.481 e. The van der Waals surface area contributed by atoms with Gasteiger partial charge in [-0.2, -0.15) is 0 Å². The molecule has 0 radical (unpaired) electrons. The number of carbonyl (C=O) groups excluding carboxylic acids is 1. The first kappa shape index (κ1) is 15.8. The summed E-state index contributed by atoms with van der Waals surface area (Å²) in [4.78, 5) is 24.5. The smallest absolute Gasteiger partial charge is 0.308 e. The van der Waals surface area contributed by atoms with Crippen LogP contribution in [0.15, 0.2) is 42.5 Å². The van der Waals surface area contributed by atoms with Crippen LogP contribution in [0.25, 0.3) is 11.1 Å². The summed E-state index contributed by atoms with van der Waals surface area (Å²) in [5.74, 6) is -1.77. The van der Waals surface area contributed by atoms with Crippen molar-refractivity contribution in [3.05, 3.63) is 52.5 Å². The van der Waals surface area contributed by atoms with Crippen molar-refractivity contribution in [1.82, 2.24) is 0 Å². The number of anilines is 1. The van der Waals surface area contributed by atoms with Crippen molar-refractivity contribution in [3.8, 4) is 11.1 Å². The maximum atomic E-state index is 12.0. The second-order valence-corrected chi connectivity index (χ2v) is 6.18. The van der Waals surface area contributed by atoms with Gasteiger partial charge < -0.3 is 10.0 Å². The number of nitrogens with zero attached hydrogens (tertiary/aromatic N) is 1. The van der Waals surface area contributed by atoms with Crippen LogP contribution in [0.2, 0.25) is 10.0 Å². The van der Waals surface area contributed by atoms with Crippen LogP contribution in [0.3, 0.4) is 0 Å². The summed E-state index contributed by atoms with van der Waals surface area (Å²) in [7, 11) is 0. The zero-order valence-corrected chi connectivity index (χ0v) is 13.5. The molecule has 1 aliphatic heterocycles. The second kappa shape index (κ2) is 6.22. The molecule has 0 aromatic heterocycles. The van der Waals surface area contributed by atoms with Crippen molar-refractivity contribution < 1.29 is 14.7 Å². The Labute approximate surface area is 143 Å². The number of aliphatic carboxylic acids is 1. The van der Waals surface area contributed by atoms with Gasteiger partial charge in [0.1, 0.15) is 0 Å². The van der Waals surface area contributed by atoms with Gasteiger partial charge in [-0.1, -0.05) is 47.5 Å². The van der Waals surface area contributed by atoms with Gasteiger partial charge in [0, 0.05) is 24.2 Å². The molecule has 1 unspecified atom stereocenters. The molecule has 0 spiro atoms. The van der Waals surface area contributed by atoms with Crippen molar-refractivity contribution in [1.29, 1.82) is 0 Å². The highest BCUT2D eigenvalue weighted by Crippen LogP contribution is 2.34. The SMILES string of the molecule is O=C(O)C1CC(=O)N(c2ccc(-c3cccc(Cl)c3Cl)cc2)C1. The molecule has 118 valence electrons. The summed E-state index contributed by atoms with van der Waals surface area (Å²) in [6.07, 6.45) is 0.0389. The molecular formula is C17H13Cl2NO3. The number of carboxylic acids is 1. The van der Waals surface area contributed by atoms with Gasteiger partial charge in [0.25, 0.3) is 0 Å². The van der Waals surface area contributed by atoms with Crippen LogP contribution in [-0.2, 0) is 9.59 Å². The van der Waals surface area contributed by atoms with Gasteiger partial charge in [-0.15, -0.1) is 0 Å². The number of hydrogen-bond donors (Lipinski definition) is 1. The van der Waals surface area contributed by atoms with E-state index in [9.17, 15) is 9.59 Å². The Morgan fingerprint density at radius 1 is 1.13 bits per heavy atom. The number of rotatable bonds is 3. The number of amides is 1. The molecule has 1 N–H and O–H groups in total. The molecule has 1 heterocycles. The first-order chi connectivity index (χ1) is 11.0. The van der Waals surface area contributed by atoms with E-state index in [4.69, 9.17) is 28.3 Å². The molecule has 4 nitrogen and oxygen atoms in total. The predicted octanol–water partition coefficient (Wildman–Crippen LogP) is 4.10. The quantitative estimate of drug-likeness (QED) is 0.907. The van der Waals surface area contributed by atoms with Crippen LogP contribution in [-0.4, -0.2) is 23.5 Å². The van der Waals surface area contributed by atoms with E-state index in [-0.39, 0.29) is 18.9 Å². The molecule has 2 aromatic rings. The fourth-order valence-electron chi connectivity index (χ4n) is 2.67. The average Bonchev–Trinajstić information content (AvgIpc) is 2.92. The van der Waals surface area contributed by atoms with Crippen LogP contribution < -0.4 is 4.90 Å². The molecule has 0 aliphatic carbocycles. The third kappa shape index (κ3) is 3.05. The standard InChI is InChI=1S/C17H13Cl2NO3/c18-14-3-1-2-13(16(14)19)10-4-6-12(7-5-10)20-9-11(17(22)23)8-15(20)21/h1-7,11H,8-9H2,(H,22,23). The number of carboxylic acid groups (broad SMARTS) is 1. The molecule has 2 aromatic carbocycles. The Bertz CT molecular complexity index is 774. The number of hydrogen-bond acceptors (Lipinski definition) is 2. The maximum Gasteiger partial charge on any atom is 0.308 e. The normalized spacial score (nSPS) is 17.6. The van der Waals surface area contributed by atoms with Gasteiger partial charge in [-0.05, 0) is 23.8 Å². The summed E-state index contributed by atoms with van der Waals surface area (Å²) in [5.41, 5.74) is 2.37. The van der Waals surface area contributed by atoms with Crippen molar-refractivity contribution in [3.63, 3.8) is 0 Å². The van der Waals surface area contributed by atoms with E-state index in [0.717, 1.165) is 11.1 Å². The van der Waals surface area contributed by atoms with E-state index >= 15 is 0 Å². The summed E-state index contributed by atoms with van der Waals surface area (Å²) in [5, 5.41) is 9.99. The molecule has 1 aliphatic rings. The van der Waals surface area contributed by atoms with Crippen molar-refractivity contribution in [2.24, 2.45) is 5.92 Å². The predicted molar refractivity (Wildman–Crippen MR) is 90.0 cm³/mol. The van der Waals surface area contributed by atoms with E-state index in [0.29, 0.717) is 15.7 Å². The molecule has 1 atom stereocenters. The lowest BCUT2D eigenvalue weighted by Gasteiger charge is -2.16. The Balaban J connectivity index is 1.87. The Hall–Kier alpha value is -2.04. The fraction of sp³-hybridized carbons (Fsp3) is 0.176. The Kier molecular flexibility index (Phi) is 4.28. The monoisotopic (exact) mass is 349 g/mol. The molecule has 3 rings (SSSR count). The minimum absolute atomic E-state index is 0.0389. The van der Waals surface area contributed by atoms with Crippen molar-refractivity contribution in [2.75, 3.05) is 11.4 Å². The first-order valence-corrected chi connectivity index (χ1v) is 7.80. The van der Waals surface area contributed by atoms with E-state index in [1.165, 1.54) is 4.90 Å². The zero-order chi connectivity index (χ0) is 16.6. The van der Waals surface area contributed by atoms with E-state index in [2.05, 4.69) is 0 Å². The van der Waals surface area contributed by atoms with Crippen LogP contribution in [0, 0.1) is 5.92 Å². The highest BCUT2D eigenvalue weighted by atomic mass is 35.5. The van der Waals surface area contributed by atoms with E-state index in [1.54, 1.807) is 18.2 Å². The lowest BCUT2D eigenvalue weighted by atomic mass is 10.1. The van der Waals surface area contributed by atoms with Crippen LogP contribution in [0.5, 0.6) is 0 Å². The van der Waals surface area contributed by atoms with Crippen LogP contribution in [0.1, 0.15) is 6.42 Å². The Morgan fingerprint density at radius 3 is 2.43 bits per heavy atom. The van der Waals surface area contributed by atoms with Gasteiger partial charge in [0.05, 0.1) is 16.0 Å². The highest BCUT2D eigenvalue weighted by Gasteiger charge is 2.34. The summed E-state index contributed by atoms with van der Waals surface area (Å²) in [6, 6.07) is 12.7. The van der Waals surface area contributed by atoms with Gasteiger partial charge in [-0.25, -0.2) is 0 Å². The number of carbonyl (C=O) groups is 2. The van der Waals surface area contributed by atoms with E-state index < -0.39 is 11.9 Å². The minimum Gasteiger partial charge on any atom is -0.481 e. The lowest BCUT2D eigenvalue weighted by Crippen LogP contribution is -2.25. The second-order valence-electron chi connectivity index (χ2n) is 5.39. The molecule has 1 saturated heterocycles. The molecule has 6 heteroatoms. The summed E-state index contributed by atoms with van der Waals surface area (Å²) < 4.78 is 0. The molecule has 1 amide bonds. The average molecular weight is 350 g/mol. The first-order valence-electron chi connectivity index (χ1n) is 7.05. The molecule has 0 saturated carbocycles. The van der Waals surface area contributed by atoms with Gasteiger partial charge in [0.15, 0.2) is 0 Å². The van der Waals surface area contributed by atoms with E-state index in [1.807, 2.05) is 24.3 Å². The number of benzene rings is 2. The van der Waals surface area contributed by atoms with Crippen molar-refractivity contribution in [2.45, 2.75) is 6.42 Å². The fourth-order valence-corrected chi connectivity index (χ4v) is 3.08. The third-order valence-electron chi connectivity index (χ3n) is 3.92. The van der Waals surface area contributed by atoms with Gasteiger partial charge in [-0.3, -0.25) is 9.59 Å². The highest BCUT2D eigenvalue weighted by molar-refractivity contribution is 6.43. The molecule has 0 bridgehead atoms. The molecule has 23 heavy (non-hydrogen) atoms. The summed E-state index contributed by atoms with van der Waals surface area (Å²) >= 11 is 12.2. The Morgan fingerprint density at radius 2 is 1.83 bits per heavy atom. The topological polar surface area (TPSA) is 57.6 Å². The third-order valence-corrected chi connectivity index (χ3v) is 4.73. The summed E-state index contributed by atoms with van der Waals surface area (Å²) in [6.45, 7) is 0.200. The van der Waals surface area contributed by atoms with Crippen LogP contribution in [0.4, 0.5) is 5.69 Å². The van der Waals surface area contributed by atoms with Gasteiger partial charge in [0.2, 0.25) is 5.91 Å². The lowest BCUT2D eigenvalue weighted by molar-refractivity contribution is -0.141. The van der Waals surface area contributed by atoms with Gasteiger partial charge >= 0.3 is 5.97 Å². The maximum absolute atomic E-state index is 12.0. The molecule has 1 fully saturated rings. The van der Waals surface area contributed by atoms with Crippen LogP contribution >= 0.6 is 23.2 Å². The number of halogens is 2. The van der Waals surface area contributed by atoms with Crippen molar-refractivity contribution >= 4 is 40.8 Å². The zero-order valence-electron chi connectivity index (χ0n) is 12.0. The minimum atomic E-state index is -0.942.